The minimum atomic E-state index is -0.409. The average molecular weight is 1020 g/mol. The van der Waals surface area contributed by atoms with Crippen LogP contribution in [0, 0.1) is 22.1 Å². The van der Waals surface area contributed by atoms with Gasteiger partial charge in [0, 0.05) is 35.9 Å². The van der Waals surface area contributed by atoms with Gasteiger partial charge in [0.15, 0.2) is 11.5 Å². The van der Waals surface area contributed by atoms with Crippen molar-refractivity contribution >= 4 is 34.2 Å². The van der Waals surface area contributed by atoms with E-state index in [9.17, 15) is 14.0 Å². The quantitative estimate of drug-likeness (QED) is 0.0326. The molecule has 3 aliphatic carbocycles. The fourth-order valence-corrected chi connectivity index (χ4v) is 12.1. The molecule has 1 N–H and O–H groups in total. The molecule has 0 spiro atoms. The molecule has 5 unspecified atom stereocenters. The number of hydrogen-bond donors (Lipinski definition) is 1. The number of aryl methyl sites for hydroxylation is 1. The van der Waals surface area contributed by atoms with Crippen LogP contribution in [0.15, 0.2) is 91.4 Å². The van der Waals surface area contributed by atoms with Gasteiger partial charge in [0.05, 0.1) is 78.2 Å². The molecule has 2 heterocycles. The highest BCUT2D eigenvalue weighted by Crippen LogP contribution is 2.76. The third-order valence-corrected chi connectivity index (χ3v) is 15.9. The van der Waals surface area contributed by atoms with Crippen LogP contribution in [-0.4, -0.2) is 103 Å². The standard InChI is InChI=1S/C57H67FN6O10/c1-6-57-19-16-40-30-45(74-38(2)65)14-15-46(40)53(57)48(34-55(3)52(66)17-18-56(55,57)4)39-10-12-44(13-11-39)72-21-20-64-35-43(62-63-64)36-71-27-26-69-23-22-68-24-25-70-28-29-73-51-33-49-47(32-50(51)67-5)54(60-37-59-49)61-42-9-7-8-41(58)31-42/h7-15,30-33,35,37,48,53H,6,16-29,34,36H2,1-5H3,(H,59,60,61). The maximum Gasteiger partial charge on any atom is 0.308 e. The van der Waals surface area contributed by atoms with E-state index in [1.54, 1.807) is 36.1 Å². The topological polar surface area (TPSA) is 176 Å². The van der Waals surface area contributed by atoms with Crippen molar-refractivity contribution in [2.75, 3.05) is 71.9 Å². The van der Waals surface area contributed by atoms with Crippen molar-refractivity contribution in [1.29, 1.82) is 0 Å². The summed E-state index contributed by atoms with van der Waals surface area (Å²) in [5, 5.41) is 12.3. The highest BCUT2D eigenvalue weighted by molar-refractivity contribution is 5.93. The number of methoxy groups -OCH3 is 1. The number of ether oxygens (including phenoxy) is 8. The van der Waals surface area contributed by atoms with Gasteiger partial charge >= 0.3 is 5.97 Å². The number of carbonyl (C=O) groups excluding carboxylic acids is 2. The number of ketones is 1. The van der Waals surface area contributed by atoms with Gasteiger partial charge in [0.2, 0.25) is 0 Å². The van der Waals surface area contributed by atoms with E-state index in [0.717, 1.165) is 37.9 Å². The highest BCUT2D eigenvalue weighted by atomic mass is 19.1. The summed E-state index contributed by atoms with van der Waals surface area (Å²) in [5.74, 6) is 2.98. The molecule has 2 saturated carbocycles. The maximum absolute atomic E-state index is 13.9. The molecule has 17 heteroatoms. The van der Waals surface area contributed by atoms with Gasteiger partial charge in [0.25, 0.3) is 0 Å². The van der Waals surface area contributed by atoms with Crippen LogP contribution in [0.3, 0.4) is 0 Å². The van der Waals surface area contributed by atoms with Crippen molar-refractivity contribution < 1.29 is 51.9 Å². The summed E-state index contributed by atoms with van der Waals surface area (Å²) in [7, 11) is 1.56. The minimum absolute atomic E-state index is 0.0541. The number of halogens is 1. The van der Waals surface area contributed by atoms with Crippen LogP contribution in [0.4, 0.5) is 15.9 Å². The van der Waals surface area contributed by atoms with Crippen molar-refractivity contribution in [2.45, 2.75) is 91.2 Å². The van der Waals surface area contributed by atoms with Gasteiger partial charge < -0.3 is 43.2 Å². The lowest BCUT2D eigenvalue weighted by atomic mass is 9.37. The van der Waals surface area contributed by atoms with E-state index in [4.69, 9.17) is 37.9 Å². The third-order valence-electron chi connectivity index (χ3n) is 15.9. The molecule has 0 radical (unpaired) electrons. The van der Waals surface area contributed by atoms with E-state index in [1.807, 2.05) is 24.4 Å². The normalized spacial score (nSPS) is 21.9. The van der Waals surface area contributed by atoms with Crippen molar-refractivity contribution in [3.8, 4) is 23.0 Å². The zero-order valence-corrected chi connectivity index (χ0v) is 43.0. The minimum Gasteiger partial charge on any atom is -0.493 e. The van der Waals surface area contributed by atoms with Gasteiger partial charge in [-0.3, -0.25) is 9.59 Å². The Bertz CT molecular complexity index is 2900. The van der Waals surface area contributed by atoms with Crippen molar-refractivity contribution in [2.24, 2.45) is 16.2 Å². The molecule has 4 aromatic carbocycles. The molecule has 74 heavy (non-hydrogen) atoms. The smallest absolute Gasteiger partial charge is 0.308 e. The predicted octanol–water partition coefficient (Wildman–Crippen LogP) is 9.75. The lowest BCUT2D eigenvalue weighted by molar-refractivity contribution is -0.152. The predicted molar refractivity (Wildman–Crippen MR) is 275 cm³/mol. The highest BCUT2D eigenvalue weighted by Gasteiger charge is 2.70. The van der Waals surface area contributed by atoms with Gasteiger partial charge in [-0.25, -0.2) is 19.0 Å². The Kier molecular flexibility index (Phi) is 16.5. The lowest BCUT2D eigenvalue weighted by Gasteiger charge is -2.66. The molecule has 392 valence electrons. The second-order valence-electron chi connectivity index (χ2n) is 19.8. The first kappa shape index (κ1) is 52.3. The lowest BCUT2D eigenvalue weighted by Crippen LogP contribution is -2.59. The molecular formula is C57H67FN6O10. The number of rotatable bonds is 25. The molecular weight excluding hydrogens is 948 g/mol. The Hall–Kier alpha value is -6.53. The van der Waals surface area contributed by atoms with Gasteiger partial charge in [-0.1, -0.05) is 50.3 Å². The number of nitrogens with one attached hydrogen (secondary N) is 1. The Morgan fingerprint density at radius 2 is 1.55 bits per heavy atom. The monoisotopic (exact) mass is 1010 g/mol. The van der Waals surface area contributed by atoms with Gasteiger partial charge in [-0.15, -0.1) is 5.10 Å². The Labute approximate surface area is 431 Å². The molecule has 6 aromatic rings. The van der Waals surface area contributed by atoms with E-state index >= 15 is 0 Å². The summed E-state index contributed by atoms with van der Waals surface area (Å²) in [6.45, 7) is 12.7. The first-order chi connectivity index (χ1) is 35.9. The molecule has 0 amide bonds. The molecule has 0 aliphatic heterocycles. The summed E-state index contributed by atoms with van der Waals surface area (Å²) in [4.78, 5) is 34.4. The van der Waals surface area contributed by atoms with Crippen LogP contribution in [0.25, 0.3) is 10.9 Å². The van der Waals surface area contributed by atoms with Gasteiger partial charge in [-0.2, -0.15) is 0 Å². The van der Waals surface area contributed by atoms with Gasteiger partial charge in [-0.05, 0) is 120 Å². The van der Waals surface area contributed by atoms with Crippen LogP contribution in [-0.2, 0) is 48.1 Å². The third kappa shape index (κ3) is 11.1. The van der Waals surface area contributed by atoms with E-state index in [-0.39, 0.29) is 34.5 Å². The second-order valence-corrected chi connectivity index (χ2v) is 19.8. The van der Waals surface area contributed by atoms with E-state index in [0.29, 0.717) is 130 Å². The summed E-state index contributed by atoms with van der Waals surface area (Å²) in [6, 6.07) is 24.3. The summed E-state index contributed by atoms with van der Waals surface area (Å²) in [6.07, 6.45) is 8.53. The zero-order chi connectivity index (χ0) is 51.7. The Morgan fingerprint density at radius 3 is 2.28 bits per heavy atom. The SMILES string of the molecule is CCC12CCc3cc(OC(C)=O)ccc3C1C(c1ccc(OCCn3cc(COCCOCCOCCOCCOc4cc5ncnc(Nc6cccc(F)c6)c5cc4OC)nn3)cc1)CC1(C)C(=O)CCC12C. The van der Waals surface area contributed by atoms with Crippen LogP contribution >= 0.6 is 0 Å². The molecule has 2 fully saturated rings. The fraction of sp³-hybridized carbons (Fsp3) is 0.474. The summed E-state index contributed by atoms with van der Waals surface area (Å²) >= 11 is 0. The first-order valence-electron chi connectivity index (χ1n) is 25.7. The average Bonchev–Trinajstić information content (AvgIpc) is 3.95. The molecule has 2 aromatic heterocycles. The van der Waals surface area contributed by atoms with E-state index in [1.165, 1.54) is 42.1 Å². The van der Waals surface area contributed by atoms with Crippen LogP contribution in [0.5, 0.6) is 23.0 Å². The largest absolute Gasteiger partial charge is 0.493 e. The Morgan fingerprint density at radius 1 is 0.811 bits per heavy atom. The molecule has 3 aliphatic rings. The van der Waals surface area contributed by atoms with E-state index in [2.05, 4.69) is 70.6 Å². The van der Waals surface area contributed by atoms with E-state index < -0.39 is 5.41 Å². The number of esters is 1. The number of aromatic nitrogens is 5. The molecule has 5 atom stereocenters. The number of benzene rings is 4. The number of hydrogen-bond acceptors (Lipinski definition) is 15. The number of fused-ring (bicyclic) bond motifs is 6. The number of Topliss-reactive ketones (excluding diaryl/α,β-unsaturated/α-hetero) is 1. The van der Waals surface area contributed by atoms with Crippen LogP contribution in [0.1, 0.15) is 94.0 Å². The Balaban J connectivity index is 0.652. The molecule has 0 bridgehead atoms. The first-order valence-corrected chi connectivity index (χ1v) is 25.7. The molecule has 0 saturated heterocycles. The zero-order valence-electron chi connectivity index (χ0n) is 43.0. The number of nitrogens with zero attached hydrogens (tertiary/aromatic N) is 5. The number of carbonyl (C=O) groups is 2. The summed E-state index contributed by atoms with van der Waals surface area (Å²) in [5.41, 5.74) is 5.12. The van der Waals surface area contributed by atoms with Gasteiger partial charge in [0.1, 0.15) is 54.2 Å². The summed E-state index contributed by atoms with van der Waals surface area (Å²) < 4.78 is 61.4. The van der Waals surface area contributed by atoms with Crippen molar-refractivity contribution in [1.82, 2.24) is 25.0 Å². The maximum atomic E-state index is 13.9. The molecule has 16 nitrogen and oxygen atoms in total. The number of anilines is 2. The van der Waals surface area contributed by atoms with Crippen LogP contribution in [0.2, 0.25) is 0 Å². The fourth-order valence-electron chi connectivity index (χ4n) is 12.1. The van der Waals surface area contributed by atoms with Crippen molar-refractivity contribution in [3.05, 3.63) is 120 Å². The molecule has 9 rings (SSSR count). The second kappa shape index (κ2) is 23.3. The van der Waals surface area contributed by atoms with Crippen LogP contribution < -0.4 is 24.3 Å². The van der Waals surface area contributed by atoms with Crippen molar-refractivity contribution in [3.63, 3.8) is 0 Å².